The fourth-order valence-electron chi connectivity index (χ4n) is 0.825. The van der Waals surface area contributed by atoms with Crippen LogP contribution in [0.25, 0.3) is 0 Å². The van der Waals surface area contributed by atoms with Gasteiger partial charge in [0.05, 0.1) is 0 Å². The summed E-state index contributed by atoms with van der Waals surface area (Å²) < 4.78 is 36.9. The number of likely N-dealkylation sites (tertiary alicyclic amines) is 1. The molecule has 5 nitrogen and oxygen atoms in total. The highest BCUT2D eigenvalue weighted by Crippen LogP contribution is 2.14. The molecular weight excluding hydrogens is 255 g/mol. The van der Waals surface area contributed by atoms with Crippen molar-refractivity contribution in [3.8, 4) is 0 Å². The lowest BCUT2D eigenvalue weighted by Gasteiger charge is -2.32. The summed E-state index contributed by atoms with van der Waals surface area (Å²) in [6.07, 6.45) is -4.15. The molecule has 0 atom stereocenters. The molecule has 0 spiro atoms. The van der Waals surface area contributed by atoms with Gasteiger partial charge in [0.1, 0.15) is 5.60 Å². The largest absolute Gasteiger partial charge is 0.490 e. The predicted octanol–water partition coefficient (Wildman–Crippen LogP) is 2.26. The first kappa shape index (κ1) is 16.5. The zero-order valence-electron chi connectivity index (χ0n) is 10.4. The molecule has 0 aliphatic carbocycles. The third-order valence-electron chi connectivity index (χ3n) is 1.75. The van der Waals surface area contributed by atoms with Crippen LogP contribution in [-0.2, 0) is 9.53 Å². The van der Waals surface area contributed by atoms with E-state index in [1.165, 1.54) is 0 Å². The third kappa shape index (κ3) is 6.97. The Hall–Kier alpha value is -1.47. The van der Waals surface area contributed by atoms with Gasteiger partial charge in [-0.05, 0) is 27.2 Å². The Labute approximate surface area is 103 Å². The van der Waals surface area contributed by atoms with Crippen molar-refractivity contribution in [2.24, 2.45) is 0 Å². The summed E-state index contributed by atoms with van der Waals surface area (Å²) >= 11 is 0. The second kappa shape index (κ2) is 5.92. The zero-order valence-corrected chi connectivity index (χ0v) is 10.4. The van der Waals surface area contributed by atoms with Crippen molar-refractivity contribution in [3.63, 3.8) is 0 Å². The maximum Gasteiger partial charge on any atom is 0.490 e. The number of carboxylic acids is 1. The second-order valence-corrected chi connectivity index (χ2v) is 4.62. The van der Waals surface area contributed by atoms with Crippen molar-refractivity contribution in [2.45, 2.75) is 39.0 Å². The van der Waals surface area contributed by atoms with Gasteiger partial charge in [0, 0.05) is 13.1 Å². The number of ether oxygens (including phenoxy) is 1. The van der Waals surface area contributed by atoms with Crippen LogP contribution >= 0.6 is 0 Å². The Morgan fingerprint density at radius 2 is 1.56 bits per heavy atom. The smallest absolute Gasteiger partial charge is 0.475 e. The second-order valence-electron chi connectivity index (χ2n) is 4.62. The summed E-state index contributed by atoms with van der Waals surface area (Å²) in [5.41, 5.74) is -0.354. The molecular formula is C10H16F3NO4. The van der Waals surface area contributed by atoms with Crippen molar-refractivity contribution in [1.29, 1.82) is 0 Å². The van der Waals surface area contributed by atoms with E-state index in [1.54, 1.807) is 4.90 Å². The molecule has 1 heterocycles. The van der Waals surface area contributed by atoms with Crippen molar-refractivity contribution < 1.29 is 32.6 Å². The molecule has 0 aromatic heterocycles. The molecule has 18 heavy (non-hydrogen) atoms. The van der Waals surface area contributed by atoms with Gasteiger partial charge in [-0.2, -0.15) is 13.2 Å². The fourth-order valence-corrected chi connectivity index (χ4v) is 0.825. The van der Waals surface area contributed by atoms with Crippen molar-refractivity contribution in [1.82, 2.24) is 4.90 Å². The summed E-state index contributed by atoms with van der Waals surface area (Å²) in [6.45, 7) is 7.35. The molecule has 0 aromatic rings. The molecule has 1 aliphatic heterocycles. The molecule has 0 saturated carbocycles. The predicted molar refractivity (Wildman–Crippen MR) is 56.1 cm³/mol. The molecule has 0 aromatic carbocycles. The Bertz CT molecular complexity index is 305. The van der Waals surface area contributed by atoms with E-state index in [-0.39, 0.29) is 11.7 Å². The minimum Gasteiger partial charge on any atom is -0.475 e. The summed E-state index contributed by atoms with van der Waals surface area (Å²) in [5, 5.41) is 7.12. The average molecular weight is 271 g/mol. The van der Waals surface area contributed by atoms with Crippen LogP contribution in [0.5, 0.6) is 0 Å². The van der Waals surface area contributed by atoms with Crippen LogP contribution in [0.4, 0.5) is 18.0 Å². The molecule has 8 heteroatoms. The topological polar surface area (TPSA) is 66.8 Å². The van der Waals surface area contributed by atoms with Crippen LogP contribution in [-0.4, -0.2) is 46.9 Å². The monoisotopic (exact) mass is 271 g/mol. The van der Waals surface area contributed by atoms with Gasteiger partial charge in [0.2, 0.25) is 0 Å². The van der Waals surface area contributed by atoms with E-state index in [1.807, 2.05) is 20.8 Å². The fraction of sp³-hybridized carbons (Fsp3) is 0.800. The summed E-state index contributed by atoms with van der Waals surface area (Å²) in [5.74, 6) is -2.76. The highest BCUT2D eigenvalue weighted by molar-refractivity contribution is 5.73. The molecule has 1 fully saturated rings. The van der Waals surface area contributed by atoms with Crippen LogP contribution in [0.2, 0.25) is 0 Å². The lowest BCUT2D eigenvalue weighted by Crippen LogP contribution is -2.44. The number of carboxylic acid groups (broad SMARTS) is 1. The van der Waals surface area contributed by atoms with Crippen molar-refractivity contribution in [3.05, 3.63) is 0 Å². The number of hydrogen-bond donors (Lipinski definition) is 1. The number of carbonyl (C=O) groups excluding carboxylic acids is 1. The van der Waals surface area contributed by atoms with E-state index < -0.39 is 12.1 Å². The Balaban J connectivity index is 0.000000360. The number of rotatable bonds is 0. The lowest BCUT2D eigenvalue weighted by molar-refractivity contribution is -0.192. The molecule has 0 radical (unpaired) electrons. The van der Waals surface area contributed by atoms with E-state index in [0.717, 1.165) is 19.5 Å². The van der Waals surface area contributed by atoms with Crippen LogP contribution in [0.3, 0.4) is 0 Å². The Morgan fingerprint density at radius 1 is 1.17 bits per heavy atom. The minimum atomic E-state index is -5.08. The van der Waals surface area contributed by atoms with Gasteiger partial charge in [0.15, 0.2) is 0 Å². The molecule has 1 amide bonds. The van der Waals surface area contributed by atoms with Crippen LogP contribution in [0.1, 0.15) is 27.2 Å². The highest BCUT2D eigenvalue weighted by Gasteiger charge is 2.38. The van der Waals surface area contributed by atoms with Gasteiger partial charge in [0.25, 0.3) is 0 Å². The Morgan fingerprint density at radius 3 is 1.72 bits per heavy atom. The number of alkyl halides is 3. The number of hydrogen-bond acceptors (Lipinski definition) is 3. The van der Waals surface area contributed by atoms with E-state index in [9.17, 15) is 18.0 Å². The number of halogens is 3. The van der Waals surface area contributed by atoms with Gasteiger partial charge in [-0.1, -0.05) is 0 Å². The zero-order chi connectivity index (χ0) is 14.6. The molecule has 1 saturated heterocycles. The maximum absolute atomic E-state index is 11.1. The number of nitrogens with zero attached hydrogens (tertiary/aromatic N) is 1. The Kier molecular flexibility index (Phi) is 5.44. The first-order chi connectivity index (χ1) is 7.93. The van der Waals surface area contributed by atoms with Gasteiger partial charge in [-0.15, -0.1) is 0 Å². The molecule has 106 valence electrons. The maximum atomic E-state index is 11.1. The lowest BCUT2D eigenvalue weighted by atomic mass is 10.2. The summed E-state index contributed by atoms with van der Waals surface area (Å²) in [4.78, 5) is 21.8. The van der Waals surface area contributed by atoms with Crippen LogP contribution in [0.15, 0.2) is 0 Å². The SMILES string of the molecule is CC(C)(C)OC(=O)N1CCC1.O=C(O)C(F)(F)F. The normalized spacial score (nSPS) is 15.1. The van der Waals surface area contributed by atoms with E-state index in [0.29, 0.717) is 0 Å². The molecule has 1 N–H and O–H groups in total. The van der Waals surface area contributed by atoms with E-state index in [2.05, 4.69) is 0 Å². The van der Waals surface area contributed by atoms with Gasteiger partial charge < -0.3 is 14.7 Å². The average Bonchev–Trinajstić information content (AvgIpc) is 1.94. The number of amides is 1. The van der Waals surface area contributed by atoms with Crippen LogP contribution < -0.4 is 0 Å². The first-order valence-electron chi connectivity index (χ1n) is 5.21. The van der Waals surface area contributed by atoms with Gasteiger partial charge in [-0.3, -0.25) is 0 Å². The molecule has 1 aliphatic rings. The third-order valence-corrected chi connectivity index (χ3v) is 1.75. The first-order valence-corrected chi connectivity index (χ1v) is 5.21. The minimum absolute atomic E-state index is 0.177. The summed E-state index contributed by atoms with van der Waals surface area (Å²) in [7, 11) is 0. The quantitative estimate of drug-likeness (QED) is 0.733. The standard InChI is InChI=1S/C8H15NO2.C2HF3O2/c1-8(2,3)11-7(10)9-5-4-6-9;3-2(4,5)1(6)7/h4-6H2,1-3H3;(H,6,7). The van der Waals surface area contributed by atoms with Gasteiger partial charge in [-0.25, -0.2) is 9.59 Å². The van der Waals surface area contributed by atoms with Crippen molar-refractivity contribution >= 4 is 12.1 Å². The summed E-state index contributed by atoms with van der Waals surface area (Å²) in [6, 6.07) is 0. The molecule has 0 unspecified atom stereocenters. The number of aliphatic carboxylic acids is 1. The molecule has 0 bridgehead atoms. The number of carbonyl (C=O) groups is 2. The van der Waals surface area contributed by atoms with Gasteiger partial charge >= 0.3 is 18.2 Å². The van der Waals surface area contributed by atoms with E-state index >= 15 is 0 Å². The van der Waals surface area contributed by atoms with Crippen molar-refractivity contribution in [2.75, 3.05) is 13.1 Å². The van der Waals surface area contributed by atoms with E-state index in [4.69, 9.17) is 14.6 Å². The van der Waals surface area contributed by atoms with Crippen LogP contribution in [0, 0.1) is 0 Å². The molecule has 1 rings (SSSR count). The highest BCUT2D eigenvalue weighted by atomic mass is 19.4.